The van der Waals surface area contributed by atoms with E-state index in [4.69, 9.17) is 5.73 Å². The first-order valence-corrected chi connectivity index (χ1v) is 5.53. The van der Waals surface area contributed by atoms with E-state index in [9.17, 15) is 0 Å². The molecule has 1 aromatic heterocycles. The summed E-state index contributed by atoms with van der Waals surface area (Å²) < 4.78 is 1.84. The fourth-order valence-electron chi connectivity index (χ4n) is 3.39. The standard InChI is InChI=1S/C11H17N3/c1-14-6-10(12)11(13-14)9-5-7-2-3-8(9)4-7/h6-9H,2-5,12H2,1H3. The van der Waals surface area contributed by atoms with E-state index in [0.29, 0.717) is 5.92 Å². The minimum Gasteiger partial charge on any atom is -0.396 e. The molecule has 0 saturated heterocycles. The molecule has 1 heterocycles. The van der Waals surface area contributed by atoms with Gasteiger partial charge in [-0.15, -0.1) is 0 Å². The average Bonchev–Trinajstić information content (AvgIpc) is 2.79. The summed E-state index contributed by atoms with van der Waals surface area (Å²) in [7, 11) is 1.95. The summed E-state index contributed by atoms with van der Waals surface area (Å²) in [6, 6.07) is 0. The molecule has 0 radical (unpaired) electrons. The van der Waals surface area contributed by atoms with Crippen molar-refractivity contribution in [2.24, 2.45) is 18.9 Å². The van der Waals surface area contributed by atoms with Crippen molar-refractivity contribution in [2.75, 3.05) is 5.73 Å². The van der Waals surface area contributed by atoms with Gasteiger partial charge in [0, 0.05) is 19.2 Å². The molecule has 2 N–H and O–H groups in total. The van der Waals surface area contributed by atoms with Gasteiger partial charge in [-0.05, 0) is 31.1 Å². The van der Waals surface area contributed by atoms with E-state index in [1.54, 1.807) is 0 Å². The summed E-state index contributed by atoms with van der Waals surface area (Å²) >= 11 is 0. The normalized spacial score (nSPS) is 35.4. The third-order valence-electron chi connectivity index (χ3n) is 3.98. The van der Waals surface area contributed by atoms with Gasteiger partial charge < -0.3 is 5.73 Å². The lowest BCUT2D eigenvalue weighted by atomic mass is 9.86. The third-order valence-corrected chi connectivity index (χ3v) is 3.98. The number of hydrogen-bond donors (Lipinski definition) is 1. The van der Waals surface area contributed by atoms with Gasteiger partial charge in [0.1, 0.15) is 0 Å². The van der Waals surface area contributed by atoms with Crippen molar-refractivity contribution < 1.29 is 0 Å². The third kappa shape index (κ3) is 1.08. The summed E-state index contributed by atoms with van der Waals surface area (Å²) in [4.78, 5) is 0. The Labute approximate surface area is 84.3 Å². The number of nitrogen functional groups attached to an aromatic ring is 1. The maximum Gasteiger partial charge on any atom is 0.0887 e. The molecule has 3 rings (SSSR count). The van der Waals surface area contributed by atoms with Crippen LogP contribution in [0.3, 0.4) is 0 Å². The van der Waals surface area contributed by atoms with Crippen molar-refractivity contribution in [1.29, 1.82) is 0 Å². The van der Waals surface area contributed by atoms with E-state index in [0.717, 1.165) is 17.5 Å². The van der Waals surface area contributed by atoms with Crippen molar-refractivity contribution in [3.05, 3.63) is 11.9 Å². The van der Waals surface area contributed by atoms with Gasteiger partial charge in [-0.2, -0.15) is 5.10 Å². The zero-order valence-corrected chi connectivity index (χ0v) is 8.61. The highest BCUT2D eigenvalue weighted by Crippen LogP contribution is 2.53. The van der Waals surface area contributed by atoms with Crippen molar-refractivity contribution >= 4 is 5.69 Å². The van der Waals surface area contributed by atoms with Crippen LogP contribution in [0.15, 0.2) is 6.20 Å². The van der Waals surface area contributed by atoms with Crippen LogP contribution in [0.2, 0.25) is 0 Å². The van der Waals surface area contributed by atoms with Crippen LogP contribution in [0.1, 0.15) is 37.3 Å². The van der Waals surface area contributed by atoms with Gasteiger partial charge in [-0.25, -0.2) is 0 Å². The minimum atomic E-state index is 0.662. The molecule has 3 atom stereocenters. The van der Waals surface area contributed by atoms with E-state index < -0.39 is 0 Å². The smallest absolute Gasteiger partial charge is 0.0887 e. The lowest BCUT2D eigenvalue weighted by Gasteiger charge is -2.19. The topological polar surface area (TPSA) is 43.8 Å². The van der Waals surface area contributed by atoms with Gasteiger partial charge >= 0.3 is 0 Å². The molecule has 2 aliphatic carbocycles. The molecule has 2 saturated carbocycles. The Morgan fingerprint density at radius 3 is 2.79 bits per heavy atom. The van der Waals surface area contributed by atoms with Crippen molar-refractivity contribution in [3.8, 4) is 0 Å². The Bertz CT molecular complexity index is 355. The molecule has 0 spiro atoms. The maximum absolute atomic E-state index is 5.97. The number of nitrogens with zero attached hydrogens (tertiary/aromatic N) is 2. The van der Waals surface area contributed by atoms with Gasteiger partial charge in [-0.1, -0.05) is 6.42 Å². The SMILES string of the molecule is Cn1cc(N)c(C2CC3CCC2C3)n1. The van der Waals surface area contributed by atoms with E-state index in [2.05, 4.69) is 5.10 Å². The van der Waals surface area contributed by atoms with Gasteiger partial charge in [0.2, 0.25) is 0 Å². The second kappa shape index (κ2) is 2.75. The molecule has 0 aromatic carbocycles. The Morgan fingerprint density at radius 2 is 2.29 bits per heavy atom. The molecule has 2 fully saturated rings. The van der Waals surface area contributed by atoms with Gasteiger partial charge in [0.25, 0.3) is 0 Å². The molecular formula is C11H17N3. The molecule has 0 aliphatic heterocycles. The largest absolute Gasteiger partial charge is 0.396 e. The molecule has 0 amide bonds. The van der Waals surface area contributed by atoms with Crippen LogP contribution in [0.4, 0.5) is 5.69 Å². The molecule has 14 heavy (non-hydrogen) atoms. The number of aromatic nitrogens is 2. The molecule has 3 heteroatoms. The van der Waals surface area contributed by atoms with Crippen LogP contribution in [-0.4, -0.2) is 9.78 Å². The minimum absolute atomic E-state index is 0.662. The van der Waals surface area contributed by atoms with Crippen LogP contribution in [0.5, 0.6) is 0 Å². The summed E-state index contributed by atoms with van der Waals surface area (Å²) in [5.74, 6) is 2.50. The molecule has 2 bridgehead atoms. The zero-order chi connectivity index (χ0) is 9.71. The summed E-state index contributed by atoms with van der Waals surface area (Å²) in [6.07, 6.45) is 7.51. The highest BCUT2D eigenvalue weighted by Gasteiger charge is 2.41. The van der Waals surface area contributed by atoms with Crippen molar-refractivity contribution in [3.63, 3.8) is 0 Å². The van der Waals surface area contributed by atoms with Gasteiger partial charge in [0.05, 0.1) is 11.4 Å². The lowest BCUT2D eigenvalue weighted by molar-refractivity contribution is 0.411. The molecule has 2 aliphatic rings. The Kier molecular flexibility index (Phi) is 1.64. The Morgan fingerprint density at radius 1 is 1.43 bits per heavy atom. The van der Waals surface area contributed by atoms with Crippen molar-refractivity contribution in [1.82, 2.24) is 9.78 Å². The quantitative estimate of drug-likeness (QED) is 0.736. The number of aryl methyl sites for hydroxylation is 1. The Balaban J connectivity index is 1.92. The number of rotatable bonds is 1. The zero-order valence-electron chi connectivity index (χ0n) is 8.61. The highest BCUT2D eigenvalue weighted by molar-refractivity contribution is 5.43. The van der Waals surface area contributed by atoms with E-state index in [1.807, 2.05) is 17.9 Å². The van der Waals surface area contributed by atoms with Gasteiger partial charge in [0.15, 0.2) is 0 Å². The van der Waals surface area contributed by atoms with Crippen LogP contribution in [0, 0.1) is 11.8 Å². The highest BCUT2D eigenvalue weighted by atomic mass is 15.3. The van der Waals surface area contributed by atoms with E-state index >= 15 is 0 Å². The molecule has 1 aromatic rings. The summed E-state index contributed by atoms with van der Waals surface area (Å²) in [5, 5.41) is 4.50. The number of fused-ring (bicyclic) bond motifs is 2. The number of hydrogen-bond acceptors (Lipinski definition) is 2. The first kappa shape index (κ1) is 8.33. The van der Waals surface area contributed by atoms with Gasteiger partial charge in [-0.3, -0.25) is 4.68 Å². The Hall–Kier alpha value is -0.990. The monoisotopic (exact) mass is 191 g/mol. The van der Waals surface area contributed by atoms with Crippen LogP contribution >= 0.6 is 0 Å². The first-order valence-electron chi connectivity index (χ1n) is 5.53. The predicted molar refractivity (Wildman–Crippen MR) is 55.8 cm³/mol. The molecule has 76 valence electrons. The fourth-order valence-corrected chi connectivity index (χ4v) is 3.39. The van der Waals surface area contributed by atoms with Crippen LogP contribution in [-0.2, 0) is 7.05 Å². The lowest BCUT2D eigenvalue weighted by Crippen LogP contribution is -2.11. The van der Waals surface area contributed by atoms with Crippen LogP contribution in [0.25, 0.3) is 0 Å². The summed E-state index contributed by atoms with van der Waals surface area (Å²) in [5.41, 5.74) is 8.03. The summed E-state index contributed by atoms with van der Waals surface area (Å²) in [6.45, 7) is 0. The van der Waals surface area contributed by atoms with E-state index in [-0.39, 0.29) is 0 Å². The predicted octanol–water partition coefficient (Wildman–Crippen LogP) is 1.91. The molecule has 3 unspecified atom stereocenters. The second-order valence-corrected chi connectivity index (χ2v) is 4.92. The van der Waals surface area contributed by atoms with E-state index in [1.165, 1.54) is 31.4 Å². The molecule has 3 nitrogen and oxygen atoms in total. The van der Waals surface area contributed by atoms with Crippen molar-refractivity contribution in [2.45, 2.75) is 31.6 Å². The number of anilines is 1. The van der Waals surface area contributed by atoms with Crippen LogP contribution < -0.4 is 5.73 Å². The first-order chi connectivity index (χ1) is 6.74. The maximum atomic E-state index is 5.97. The average molecular weight is 191 g/mol. The second-order valence-electron chi connectivity index (χ2n) is 4.92. The fraction of sp³-hybridized carbons (Fsp3) is 0.727. The molecular weight excluding hydrogens is 174 g/mol. The number of nitrogens with two attached hydrogens (primary N) is 1.